The maximum absolute atomic E-state index is 15.1. The van der Waals surface area contributed by atoms with Gasteiger partial charge in [0.2, 0.25) is 12.3 Å². The number of halogens is 2. The summed E-state index contributed by atoms with van der Waals surface area (Å²) in [5, 5.41) is 0.197. The number of benzene rings is 1. The van der Waals surface area contributed by atoms with Crippen LogP contribution in [-0.2, 0) is 9.59 Å². The van der Waals surface area contributed by atoms with E-state index < -0.39 is 5.82 Å². The average molecular weight is 620 g/mol. The zero-order valence-electron chi connectivity index (χ0n) is 26.3. The Kier molecular flexibility index (Phi) is 10.1. The van der Waals surface area contributed by atoms with Crippen LogP contribution in [0, 0.1) is 12.7 Å². The lowest BCUT2D eigenvalue weighted by Gasteiger charge is -2.41. The number of hydrogen-bond donors (Lipinski definition) is 0. The molecule has 1 unspecified atom stereocenters. The Morgan fingerprint density at radius 1 is 1.14 bits per heavy atom. The highest BCUT2D eigenvalue weighted by molar-refractivity contribution is 6.33. The van der Waals surface area contributed by atoms with E-state index in [-0.39, 0.29) is 45.9 Å². The summed E-state index contributed by atoms with van der Waals surface area (Å²) < 4.78 is 15.1. The van der Waals surface area contributed by atoms with Crippen molar-refractivity contribution in [1.82, 2.24) is 24.8 Å². The molecule has 0 N–H and O–H groups in total. The number of hydrogen-bond acceptors (Lipinski definition) is 6. The van der Waals surface area contributed by atoms with Crippen LogP contribution in [0.1, 0.15) is 69.2 Å². The Bertz CT molecular complexity index is 1580. The number of rotatable bonds is 8. The van der Waals surface area contributed by atoms with Gasteiger partial charge in [-0.1, -0.05) is 58.0 Å². The molecule has 11 heteroatoms. The summed E-state index contributed by atoms with van der Waals surface area (Å²) >= 11 is 6.85. The van der Waals surface area contributed by atoms with Gasteiger partial charge in [-0.05, 0) is 50.0 Å². The summed E-state index contributed by atoms with van der Waals surface area (Å²) in [5.41, 5.74) is 2.75. The van der Waals surface area contributed by atoms with E-state index in [1.165, 1.54) is 17.0 Å². The van der Waals surface area contributed by atoms with Gasteiger partial charge in [-0.15, -0.1) is 0 Å². The summed E-state index contributed by atoms with van der Waals surface area (Å²) in [4.78, 5) is 49.8. The number of amides is 2. The van der Waals surface area contributed by atoms with Gasteiger partial charge >= 0.3 is 0 Å². The molecular weight excluding hydrogens is 581 g/mol. The second kappa shape index (κ2) is 13.6. The average Bonchev–Trinajstić information content (AvgIpc) is 2.99. The Balaban J connectivity index is 2.01. The van der Waals surface area contributed by atoms with Crippen molar-refractivity contribution in [3.8, 4) is 11.3 Å². The molecule has 1 saturated heterocycles. The molecule has 3 heterocycles. The monoisotopic (exact) mass is 619 g/mol. The Morgan fingerprint density at radius 3 is 2.30 bits per heavy atom. The fourth-order valence-corrected chi connectivity index (χ4v) is 5.80. The van der Waals surface area contributed by atoms with Crippen LogP contribution in [0.5, 0.6) is 0 Å². The van der Waals surface area contributed by atoms with Crippen LogP contribution in [0.4, 0.5) is 15.9 Å². The van der Waals surface area contributed by atoms with Crippen molar-refractivity contribution >= 4 is 41.3 Å². The van der Waals surface area contributed by atoms with E-state index in [2.05, 4.69) is 16.5 Å². The number of aliphatic imine (C=N–C) groups is 1. The Morgan fingerprint density at radius 2 is 1.77 bits per heavy atom. The van der Waals surface area contributed by atoms with Crippen LogP contribution < -0.4 is 4.90 Å². The van der Waals surface area contributed by atoms with E-state index in [1.807, 2.05) is 41.5 Å². The van der Waals surface area contributed by atoms with Crippen LogP contribution in [0.2, 0.25) is 5.02 Å². The number of aryl methyl sites for hydroxylation is 1. The molecule has 1 aliphatic rings. The molecule has 232 valence electrons. The predicted molar refractivity (Wildman–Crippen MR) is 173 cm³/mol. The highest BCUT2D eigenvalue weighted by atomic mass is 35.5. The van der Waals surface area contributed by atoms with E-state index >= 15 is 4.39 Å². The molecule has 0 radical (unpaired) electrons. The number of carbonyl (C=O) groups is 2. The minimum Gasteiger partial charge on any atom is -0.350 e. The van der Waals surface area contributed by atoms with Gasteiger partial charge < -0.3 is 9.80 Å². The normalized spacial score (nSPS) is 15.6. The molecule has 0 bridgehead atoms. The standard InChI is InChI=1S/C33H39ClFN7O2/c1-9-27(44)40-14-15-41(21(6)17-40)32(36-8)24-16-25(34)30(23-12-10-11-13-26(23)35)39-33(24)42(18-43)31-28(19(2)3)37-22(7)38-29(31)20(4)5/h9-13,16,18-21H,1,14-15,17H2,2-8H3. The number of piperazine rings is 1. The number of amidine groups is 1. The van der Waals surface area contributed by atoms with Crippen LogP contribution >= 0.6 is 11.6 Å². The third kappa shape index (κ3) is 6.36. The fraction of sp³-hybridized carbons (Fsp3) is 0.394. The smallest absolute Gasteiger partial charge is 0.246 e. The zero-order valence-corrected chi connectivity index (χ0v) is 27.1. The van der Waals surface area contributed by atoms with Crippen molar-refractivity contribution in [3.05, 3.63) is 76.6 Å². The SMILES string of the molecule is C=CC(=O)N1CCN(C(=NC)c2cc(Cl)c(-c3ccccc3F)nc2N(C=O)c2c(C(C)C)nc(C)nc2C(C)C)C(C)C1. The molecule has 0 aliphatic carbocycles. The van der Waals surface area contributed by atoms with Crippen molar-refractivity contribution in [3.63, 3.8) is 0 Å². The quantitative estimate of drug-likeness (QED) is 0.128. The molecule has 2 aromatic heterocycles. The van der Waals surface area contributed by atoms with E-state index in [0.717, 1.165) is 0 Å². The van der Waals surface area contributed by atoms with Crippen molar-refractivity contribution < 1.29 is 14.0 Å². The summed E-state index contributed by atoms with van der Waals surface area (Å²) in [6, 6.07) is 7.77. The number of pyridine rings is 1. The molecule has 44 heavy (non-hydrogen) atoms. The maximum Gasteiger partial charge on any atom is 0.246 e. The lowest BCUT2D eigenvalue weighted by atomic mass is 9.99. The minimum absolute atomic E-state index is 0.0525. The van der Waals surface area contributed by atoms with Crippen molar-refractivity contribution in [1.29, 1.82) is 0 Å². The molecule has 1 fully saturated rings. The highest BCUT2D eigenvalue weighted by Crippen LogP contribution is 2.40. The molecule has 1 aromatic carbocycles. The first-order chi connectivity index (χ1) is 20.9. The van der Waals surface area contributed by atoms with Crippen molar-refractivity contribution in [2.75, 3.05) is 31.6 Å². The second-order valence-electron chi connectivity index (χ2n) is 11.4. The molecule has 1 aliphatic heterocycles. The summed E-state index contributed by atoms with van der Waals surface area (Å²) in [6.07, 6.45) is 2.00. The summed E-state index contributed by atoms with van der Waals surface area (Å²) in [6.45, 7) is 16.8. The fourth-order valence-electron chi connectivity index (χ4n) is 5.55. The van der Waals surface area contributed by atoms with Gasteiger partial charge in [0.25, 0.3) is 0 Å². The van der Waals surface area contributed by atoms with Crippen LogP contribution in [0.3, 0.4) is 0 Å². The molecule has 0 spiro atoms. The van der Waals surface area contributed by atoms with E-state index in [1.54, 1.807) is 36.2 Å². The Hall–Kier alpha value is -4.18. The van der Waals surface area contributed by atoms with Gasteiger partial charge in [-0.2, -0.15) is 0 Å². The van der Waals surface area contributed by atoms with Crippen LogP contribution in [-0.4, -0.2) is 75.6 Å². The first kappa shape index (κ1) is 32.7. The van der Waals surface area contributed by atoms with Gasteiger partial charge in [0, 0.05) is 38.3 Å². The molecule has 2 amide bonds. The van der Waals surface area contributed by atoms with Gasteiger partial charge in [-0.3, -0.25) is 19.5 Å². The number of carbonyl (C=O) groups excluding carboxylic acids is 2. The maximum atomic E-state index is 15.1. The van der Waals surface area contributed by atoms with Crippen molar-refractivity contribution in [2.45, 2.75) is 59.4 Å². The summed E-state index contributed by atoms with van der Waals surface area (Å²) in [7, 11) is 1.66. The van der Waals surface area contributed by atoms with Crippen LogP contribution in [0.25, 0.3) is 11.3 Å². The molecule has 1 atom stereocenters. The third-order valence-electron chi connectivity index (χ3n) is 7.64. The first-order valence-electron chi connectivity index (χ1n) is 14.7. The highest BCUT2D eigenvalue weighted by Gasteiger charge is 2.33. The largest absolute Gasteiger partial charge is 0.350 e. The molecule has 0 saturated carbocycles. The topological polar surface area (TPSA) is 94.9 Å². The van der Waals surface area contributed by atoms with Crippen molar-refractivity contribution in [2.24, 2.45) is 4.99 Å². The van der Waals surface area contributed by atoms with Gasteiger partial charge in [0.1, 0.15) is 17.5 Å². The van der Waals surface area contributed by atoms with E-state index in [9.17, 15) is 9.59 Å². The number of anilines is 2. The minimum atomic E-state index is -0.497. The van der Waals surface area contributed by atoms with Gasteiger partial charge in [0.15, 0.2) is 5.82 Å². The summed E-state index contributed by atoms with van der Waals surface area (Å²) in [5.74, 6) is 0.608. The van der Waals surface area contributed by atoms with Gasteiger partial charge in [-0.25, -0.2) is 19.3 Å². The van der Waals surface area contributed by atoms with Crippen LogP contribution in [0.15, 0.2) is 48.0 Å². The number of aromatic nitrogens is 3. The molecule has 9 nitrogen and oxygen atoms in total. The first-order valence-corrected chi connectivity index (χ1v) is 15.0. The third-order valence-corrected chi connectivity index (χ3v) is 7.93. The van der Waals surface area contributed by atoms with E-state index in [0.29, 0.717) is 60.3 Å². The number of nitrogens with zero attached hydrogens (tertiary/aromatic N) is 7. The molecule has 3 aromatic rings. The second-order valence-corrected chi connectivity index (χ2v) is 11.8. The molecule has 4 rings (SSSR count). The lowest BCUT2D eigenvalue weighted by Crippen LogP contribution is -2.55. The van der Waals surface area contributed by atoms with Gasteiger partial charge in [0.05, 0.1) is 33.4 Å². The Labute approximate surface area is 263 Å². The predicted octanol–water partition coefficient (Wildman–Crippen LogP) is 6.28. The molecular formula is C33H39ClFN7O2. The van der Waals surface area contributed by atoms with E-state index in [4.69, 9.17) is 26.6 Å². The lowest BCUT2D eigenvalue weighted by molar-refractivity contribution is -0.128. The zero-order chi connectivity index (χ0) is 32.3.